The number of furan rings is 1. The minimum Gasteiger partial charge on any atom is -0.487 e. The number of carbonyl (C=O) groups is 1. The maximum atomic E-state index is 13.2. The van der Waals surface area contributed by atoms with Gasteiger partial charge in [0.1, 0.15) is 41.8 Å². The molecule has 0 saturated carbocycles. The highest BCUT2D eigenvalue weighted by molar-refractivity contribution is 6.32. The molecular formula is C32H31ClFN5O4. The summed E-state index contributed by atoms with van der Waals surface area (Å²) in [5.74, 6) is 2.03. The molecule has 222 valence electrons. The Balaban J connectivity index is 1.20. The van der Waals surface area contributed by atoms with Gasteiger partial charge in [-0.2, -0.15) is 0 Å². The number of fused-ring (bicyclic) bond motifs is 1. The Bertz CT molecular complexity index is 1680. The lowest BCUT2D eigenvalue weighted by Gasteiger charge is -2.12. The molecule has 1 amide bonds. The number of halogens is 2. The molecule has 0 atom stereocenters. The summed E-state index contributed by atoms with van der Waals surface area (Å²) in [4.78, 5) is 19.9. The van der Waals surface area contributed by atoms with E-state index in [2.05, 4.69) is 20.6 Å². The summed E-state index contributed by atoms with van der Waals surface area (Å²) in [6.07, 6.45) is 4.36. The van der Waals surface area contributed by atoms with Gasteiger partial charge in [0.05, 0.1) is 17.1 Å². The second-order valence-electron chi connectivity index (χ2n) is 9.93. The molecule has 2 heterocycles. The van der Waals surface area contributed by atoms with Crippen molar-refractivity contribution in [3.05, 3.63) is 101 Å². The van der Waals surface area contributed by atoms with Crippen LogP contribution in [0.3, 0.4) is 0 Å². The molecule has 3 aromatic carbocycles. The number of amides is 1. The zero-order valence-electron chi connectivity index (χ0n) is 23.3. The molecule has 0 radical (unpaired) electrons. The van der Waals surface area contributed by atoms with E-state index in [1.807, 2.05) is 36.4 Å². The molecule has 0 saturated heterocycles. The van der Waals surface area contributed by atoms with E-state index in [1.54, 1.807) is 29.7 Å². The maximum Gasteiger partial charge on any atom is 0.243 e. The molecule has 5 rings (SSSR count). The summed E-state index contributed by atoms with van der Waals surface area (Å²) in [5.41, 5.74) is 4.88. The first-order valence-electron chi connectivity index (χ1n) is 13.9. The zero-order valence-corrected chi connectivity index (χ0v) is 24.0. The van der Waals surface area contributed by atoms with Gasteiger partial charge in [-0.05, 0) is 85.6 Å². The third-order valence-corrected chi connectivity index (χ3v) is 7.06. The average Bonchev–Trinajstić information content (AvgIpc) is 3.50. The van der Waals surface area contributed by atoms with Gasteiger partial charge in [0, 0.05) is 23.1 Å². The minimum absolute atomic E-state index is 0.268. The summed E-state index contributed by atoms with van der Waals surface area (Å²) in [5, 5.41) is 16.5. The number of anilines is 2. The van der Waals surface area contributed by atoms with Crippen molar-refractivity contribution in [1.29, 1.82) is 0 Å². The monoisotopic (exact) mass is 603 g/mol. The molecular weight excluding hydrogens is 573 g/mol. The van der Waals surface area contributed by atoms with Crippen LogP contribution in [-0.2, 0) is 17.9 Å². The molecule has 0 aliphatic carbocycles. The van der Waals surface area contributed by atoms with Crippen molar-refractivity contribution in [2.45, 2.75) is 38.8 Å². The molecule has 43 heavy (non-hydrogen) atoms. The molecule has 11 heteroatoms. The van der Waals surface area contributed by atoms with E-state index in [0.29, 0.717) is 29.6 Å². The third-order valence-electron chi connectivity index (χ3n) is 6.77. The predicted molar refractivity (Wildman–Crippen MR) is 163 cm³/mol. The Labute approximate surface area is 253 Å². The van der Waals surface area contributed by atoms with Crippen LogP contribution in [-0.4, -0.2) is 27.6 Å². The van der Waals surface area contributed by atoms with Crippen molar-refractivity contribution in [2.75, 3.05) is 11.9 Å². The van der Waals surface area contributed by atoms with Crippen LogP contribution in [0.1, 0.15) is 37.0 Å². The van der Waals surface area contributed by atoms with Crippen LogP contribution < -0.4 is 20.9 Å². The highest BCUT2D eigenvalue weighted by Gasteiger charge is 2.11. The molecule has 0 aliphatic heterocycles. The van der Waals surface area contributed by atoms with Gasteiger partial charge >= 0.3 is 0 Å². The molecule has 0 unspecified atom stereocenters. The second kappa shape index (κ2) is 14.6. The van der Waals surface area contributed by atoms with Crippen molar-refractivity contribution in [2.24, 2.45) is 0 Å². The summed E-state index contributed by atoms with van der Waals surface area (Å²) >= 11 is 6.50. The van der Waals surface area contributed by atoms with Crippen LogP contribution in [0.15, 0.2) is 83.5 Å². The first kappa shape index (κ1) is 30.0. The lowest BCUT2D eigenvalue weighted by Crippen LogP contribution is -2.18. The molecule has 4 N–H and O–H groups in total. The maximum absolute atomic E-state index is 13.2. The Morgan fingerprint density at radius 2 is 1.84 bits per heavy atom. The fraction of sp³-hybridized carbons (Fsp3) is 0.219. The van der Waals surface area contributed by atoms with E-state index in [9.17, 15) is 9.18 Å². The van der Waals surface area contributed by atoms with Crippen molar-refractivity contribution < 1.29 is 23.5 Å². The van der Waals surface area contributed by atoms with E-state index >= 15 is 0 Å². The van der Waals surface area contributed by atoms with Gasteiger partial charge in [0.2, 0.25) is 5.91 Å². The summed E-state index contributed by atoms with van der Waals surface area (Å²) in [7, 11) is 0. The quantitative estimate of drug-likeness (QED) is 0.0599. The molecule has 0 aliphatic rings. The van der Waals surface area contributed by atoms with Crippen LogP contribution in [0, 0.1) is 5.82 Å². The fourth-order valence-electron chi connectivity index (χ4n) is 4.49. The van der Waals surface area contributed by atoms with E-state index in [1.165, 1.54) is 18.5 Å². The van der Waals surface area contributed by atoms with E-state index < -0.39 is 0 Å². The second-order valence-corrected chi connectivity index (χ2v) is 10.3. The van der Waals surface area contributed by atoms with Crippen molar-refractivity contribution in [3.63, 3.8) is 0 Å². The topological polar surface area (TPSA) is 122 Å². The van der Waals surface area contributed by atoms with Gasteiger partial charge in [0.15, 0.2) is 0 Å². The Hall–Kier alpha value is -4.51. The van der Waals surface area contributed by atoms with Gasteiger partial charge in [-0.15, -0.1) is 0 Å². The fourth-order valence-corrected chi connectivity index (χ4v) is 4.73. The Kier molecular flexibility index (Phi) is 10.2. The first-order chi connectivity index (χ1) is 21.0. The Morgan fingerprint density at radius 1 is 0.977 bits per heavy atom. The number of nitrogens with one attached hydrogen (secondary N) is 3. The number of hydrogen-bond donors (Lipinski definition) is 4. The number of unbranched alkanes of at least 4 members (excludes halogenated alkanes) is 2. The standard InChI is InChI=1S/C32H31ClFN5O4/c33-27-17-24(10-13-30(27)42-19-21-5-8-23(34)9-6-21)38-32-26-16-22(7-12-28(26)36-20-37-32)29-14-11-25(43-29)18-35-15-3-1-2-4-31(40)39-41/h5-14,16-17,20,35,41H,1-4,15,18-19H2,(H,39,40)(H,36,37,38). The smallest absolute Gasteiger partial charge is 0.243 e. The number of aromatic nitrogens is 2. The predicted octanol–water partition coefficient (Wildman–Crippen LogP) is 7.16. The molecule has 5 aromatic rings. The van der Waals surface area contributed by atoms with Gasteiger partial charge in [-0.25, -0.2) is 19.8 Å². The lowest BCUT2D eigenvalue weighted by molar-refractivity contribution is -0.129. The number of hydrogen-bond acceptors (Lipinski definition) is 8. The largest absolute Gasteiger partial charge is 0.487 e. The zero-order chi connectivity index (χ0) is 30.0. The van der Waals surface area contributed by atoms with Crippen LogP contribution in [0.25, 0.3) is 22.2 Å². The van der Waals surface area contributed by atoms with E-state index in [-0.39, 0.29) is 18.3 Å². The van der Waals surface area contributed by atoms with Gasteiger partial charge in [-0.3, -0.25) is 10.0 Å². The highest BCUT2D eigenvalue weighted by Crippen LogP contribution is 2.32. The number of carbonyl (C=O) groups excluding carboxylic acids is 1. The molecule has 0 bridgehead atoms. The van der Waals surface area contributed by atoms with Crippen molar-refractivity contribution >= 4 is 39.9 Å². The minimum atomic E-state index is -0.358. The van der Waals surface area contributed by atoms with Crippen LogP contribution in [0.5, 0.6) is 5.75 Å². The number of benzene rings is 3. The van der Waals surface area contributed by atoms with E-state index in [0.717, 1.165) is 65.0 Å². The lowest BCUT2D eigenvalue weighted by atomic mass is 10.1. The molecule has 0 spiro atoms. The summed E-state index contributed by atoms with van der Waals surface area (Å²) < 4.78 is 25.1. The number of nitrogens with zero attached hydrogens (tertiary/aromatic N) is 2. The SMILES string of the molecule is O=C(CCCCCNCc1ccc(-c2ccc3ncnc(Nc4ccc(OCc5ccc(F)cc5)c(Cl)c4)c3c2)o1)NO. The number of ether oxygens (including phenoxy) is 1. The van der Waals surface area contributed by atoms with Gasteiger partial charge < -0.3 is 19.8 Å². The van der Waals surface area contributed by atoms with Crippen molar-refractivity contribution in [1.82, 2.24) is 20.8 Å². The van der Waals surface area contributed by atoms with E-state index in [4.69, 9.17) is 26.0 Å². The molecule has 9 nitrogen and oxygen atoms in total. The van der Waals surface area contributed by atoms with Crippen molar-refractivity contribution in [3.8, 4) is 17.1 Å². The van der Waals surface area contributed by atoms with Crippen LogP contribution >= 0.6 is 11.6 Å². The van der Waals surface area contributed by atoms with Gasteiger partial charge in [-0.1, -0.05) is 30.2 Å². The Morgan fingerprint density at radius 3 is 2.65 bits per heavy atom. The highest BCUT2D eigenvalue weighted by atomic mass is 35.5. The third kappa shape index (κ3) is 8.29. The molecule has 0 fully saturated rings. The average molecular weight is 604 g/mol. The normalized spacial score (nSPS) is 11.0. The first-order valence-corrected chi connectivity index (χ1v) is 14.3. The van der Waals surface area contributed by atoms with Crippen LogP contribution in [0.4, 0.5) is 15.9 Å². The van der Waals surface area contributed by atoms with Crippen LogP contribution in [0.2, 0.25) is 5.02 Å². The molecule has 2 aromatic heterocycles. The number of rotatable bonds is 14. The van der Waals surface area contributed by atoms with Gasteiger partial charge in [0.25, 0.3) is 0 Å². The summed E-state index contributed by atoms with van der Waals surface area (Å²) in [6, 6.07) is 21.3. The summed E-state index contributed by atoms with van der Waals surface area (Å²) in [6.45, 7) is 1.65. The number of hydroxylamine groups is 1.